The monoisotopic (exact) mass is 1140 g/mol. The normalized spacial score (nSPS) is 27.7. The number of carbonyl (C=O) groups is 6. The van der Waals surface area contributed by atoms with Crippen LogP contribution in [0.4, 0.5) is 19.2 Å². The molecule has 6 amide bonds. The molecule has 1 aromatic carbocycles. The highest BCUT2D eigenvalue weighted by molar-refractivity contribution is 7.89. The number of hydrogen-bond acceptors (Lipinski definition) is 20. The van der Waals surface area contributed by atoms with Gasteiger partial charge in [0.1, 0.15) is 58.2 Å². The molecule has 0 unspecified atom stereocenters. The zero-order valence-electron chi connectivity index (χ0n) is 47.7. The summed E-state index contributed by atoms with van der Waals surface area (Å²) in [5.74, 6) is -1.19. The molecule has 79 heavy (non-hydrogen) atoms. The molecule has 11 atom stereocenters. The van der Waals surface area contributed by atoms with Crippen molar-refractivity contribution in [1.29, 1.82) is 0 Å². The van der Waals surface area contributed by atoms with Crippen LogP contribution in [0.5, 0.6) is 0 Å². The molecule has 1 aliphatic carbocycles. The number of aliphatic hydroxyl groups is 3. The number of ether oxygens (including phenoxy) is 8. The Kier molecular flexibility index (Phi) is 20.9. The van der Waals surface area contributed by atoms with Gasteiger partial charge in [-0.3, -0.25) is 14.5 Å². The molecule has 4 aliphatic rings. The van der Waals surface area contributed by atoms with Gasteiger partial charge in [-0.25, -0.2) is 32.3 Å². The molecular weight excluding hydrogens is 1060 g/mol. The van der Waals surface area contributed by atoms with Crippen LogP contribution < -0.4 is 26.0 Å². The minimum absolute atomic E-state index is 0.0667. The number of alkyl carbamates (subject to hydrolysis) is 3. The van der Waals surface area contributed by atoms with Gasteiger partial charge in [0.05, 0.1) is 54.2 Å². The van der Waals surface area contributed by atoms with Crippen LogP contribution in [0.1, 0.15) is 130 Å². The van der Waals surface area contributed by atoms with Gasteiger partial charge in [-0.15, -0.1) is 0 Å². The predicted octanol–water partition coefficient (Wildman–Crippen LogP) is 2.73. The Hall–Kier alpha value is -5.39. The Morgan fingerprint density at radius 1 is 0.747 bits per heavy atom. The molecule has 1 aromatic rings. The Morgan fingerprint density at radius 2 is 1.27 bits per heavy atom. The first-order valence-corrected chi connectivity index (χ1v) is 27.9. The molecule has 446 valence electrons. The zero-order valence-corrected chi connectivity index (χ0v) is 48.5. The Bertz CT molecular complexity index is 2450. The zero-order chi connectivity index (χ0) is 59.2. The van der Waals surface area contributed by atoms with Gasteiger partial charge >= 0.3 is 24.4 Å². The van der Waals surface area contributed by atoms with Crippen LogP contribution in [0.15, 0.2) is 36.1 Å². The average Bonchev–Trinajstić information content (AvgIpc) is 3.53. The third-order valence-electron chi connectivity index (χ3n) is 12.3. The van der Waals surface area contributed by atoms with Crippen molar-refractivity contribution < 1.29 is 90.4 Å². The van der Waals surface area contributed by atoms with Crippen molar-refractivity contribution in [3.05, 3.63) is 47.2 Å². The highest BCUT2D eigenvalue weighted by Crippen LogP contribution is 2.35. The third-order valence-corrected chi connectivity index (χ3v) is 13.7. The number of carbonyl (C=O) groups excluding carboxylic acids is 6. The molecular formula is C52H83N7O19S. The summed E-state index contributed by atoms with van der Waals surface area (Å²) in [6.07, 6.45) is -12.5. The molecule has 0 spiro atoms. The van der Waals surface area contributed by atoms with Crippen molar-refractivity contribution in [3.63, 3.8) is 0 Å². The molecule has 3 aliphatic heterocycles. The van der Waals surface area contributed by atoms with Gasteiger partial charge in [0.15, 0.2) is 6.29 Å². The summed E-state index contributed by atoms with van der Waals surface area (Å²) in [4.78, 5) is 80.9. The van der Waals surface area contributed by atoms with E-state index in [0.29, 0.717) is 29.9 Å². The van der Waals surface area contributed by atoms with Crippen LogP contribution >= 0.6 is 0 Å². The first-order valence-electron chi connectivity index (χ1n) is 26.3. The van der Waals surface area contributed by atoms with Crippen molar-refractivity contribution in [2.45, 2.75) is 198 Å². The fourth-order valence-electron chi connectivity index (χ4n) is 9.12. The standard InChI is InChI=1S/C52H83N7O19S/c1-48(2,3)75-44(64)54-23-25-79(69,70)57-34-26-33(56-46(66)77-50(7,8)9)37(35(60)38(34)74-43-36(61)39(52(13,68)28-71-43)58(14)47(67)78-51(10,11)12)73-42-32(55-45(65)76-49(4,5)6)21-20-29(72-42)27-53-22-17-24-59-40(62)30-18-15-16-19-31(30)41(59)63/h15-16,18-20,32-39,42-43,53,57,60-61,68H,17,21-28H2,1-14H3,(H,54,64)(H,55,65)(H,56,66)/t32-,33+,34-,35+,36-,37-,38+,39-,42-,43-,52+/m1/s1. The van der Waals surface area contributed by atoms with Crippen LogP contribution in [0.2, 0.25) is 0 Å². The van der Waals surface area contributed by atoms with Crippen molar-refractivity contribution in [2.75, 3.05) is 45.6 Å². The van der Waals surface area contributed by atoms with E-state index in [4.69, 9.17) is 37.9 Å². The van der Waals surface area contributed by atoms with E-state index in [1.807, 2.05) is 0 Å². The maximum absolute atomic E-state index is 14.0. The van der Waals surface area contributed by atoms with E-state index in [1.165, 1.54) is 18.9 Å². The molecule has 8 N–H and O–H groups in total. The molecule has 27 heteroatoms. The number of rotatable bonds is 18. The number of fused-ring (bicyclic) bond motifs is 1. The Morgan fingerprint density at radius 3 is 1.82 bits per heavy atom. The lowest BCUT2D eigenvalue weighted by Crippen LogP contribution is -2.70. The Labute approximate surface area is 462 Å². The van der Waals surface area contributed by atoms with Gasteiger partial charge in [0, 0.05) is 20.1 Å². The smallest absolute Gasteiger partial charge is 0.410 e. The maximum Gasteiger partial charge on any atom is 0.410 e. The number of aliphatic hydroxyl groups excluding tert-OH is 2. The molecule has 3 heterocycles. The molecule has 0 aromatic heterocycles. The summed E-state index contributed by atoms with van der Waals surface area (Å²) in [6.45, 7) is 20.4. The van der Waals surface area contributed by atoms with Crippen LogP contribution in [-0.2, 0) is 47.9 Å². The van der Waals surface area contributed by atoms with Crippen LogP contribution in [0.3, 0.4) is 0 Å². The second-order valence-electron chi connectivity index (χ2n) is 24.2. The topological polar surface area (TPSA) is 338 Å². The van der Waals surface area contributed by atoms with Gasteiger partial charge < -0.3 is 79.4 Å². The second-order valence-corrected chi connectivity index (χ2v) is 26.1. The van der Waals surface area contributed by atoms with Crippen LogP contribution in [0, 0.1) is 0 Å². The maximum atomic E-state index is 14.0. The Balaban J connectivity index is 1.47. The lowest BCUT2D eigenvalue weighted by Gasteiger charge is -2.50. The summed E-state index contributed by atoms with van der Waals surface area (Å²) in [5, 5.41) is 47.3. The fourth-order valence-corrected chi connectivity index (χ4v) is 10.3. The number of sulfonamides is 1. The number of hydrogen-bond donors (Lipinski definition) is 8. The summed E-state index contributed by atoms with van der Waals surface area (Å²) in [7, 11) is -3.17. The minimum Gasteiger partial charge on any atom is -0.466 e. The molecule has 26 nitrogen and oxygen atoms in total. The molecule has 0 radical (unpaired) electrons. The highest BCUT2D eigenvalue weighted by Gasteiger charge is 2.55. The molecule has 2 fully saturated rings. The van der Waals surface area contributed by atoms with Crippen molar-refractivity contribution in [3.8, 4) is 0 Å². The van der Waals surface area contributed by atoms with E-state index in [-0.39, 0.29) is 31.3 Å². The SMILES string of the molecule is CN(C(=O)OC(C)(C)C)[C@@H]1[C@@H](O)[C@@H](O[C@@H]2[C@@H](O)[C@H](O[C@H]3OC(CNCCCN4C(=O)c5ccccc5C4=O)=CC[C@H]3NC(=O)OC(C)(C)C)[C@@H](NC(=O)OC(C)(C)C)C[C@H]2NS(=O)(=O)CCNC(=O)OC(C)(C)C)OC[C@]1(C)O. The number of amides is 6. The number of benzene rings is 1. The number of likely N-dealkylation sites (N-methyl/N-ethyl adjacent to an activating group) is 1. The van der Waals surface area contributed by atoms with Gasteiger partial charge in [-0.05, 0) is 134 Å². The summed E-state index contributed by atoms with van der Waals surface area (Å²) >= 11 is 0. The molecule has 1 saturated carbocycles. The quantitative estimate of drug-likeness (QED) is 0.0595. The van der Waals surface area contributed by atoms with E-state index < -0.39 is 149 Å². The number of nitrogens with zero attached hydrogens (tertiary/aromatic N) is 2. The van der Waals surface area contributed by atoms with E-state index >= 15 is 0 Å². The molecule has 5 rings (SSSR count). The van der Waals surface area contributed by atoms with Crippen molar-refractivity contribution in [1.82, 2.24) is 35.8 Å². The number of imide groups is 1. The molecule has 1 saturated heterocycles. The van der Waals surface area contributed by atoms with Gasteiger partial charge in [-0.2, -0.15) is 0 Å². The van der Waals surface area contributed by atoms with E-state index in [2.05, 4.69) is 26.0 Å². The lowest BCUT2D eigenvalue weighted by molar-refractivity contribution is -0.311. The van der Waals surface area contributed by atoms with E-state index in [0.717, 1.165) is 4.90 Å². The van der Waals surface area contributed by atoms with Gasteiger partial charge in [-0.1, -0.05) is 12.1 Å². The lowest BCUT2D eigenvalue weighted by atomic mass is 9.83. The summed E-state index contributed by atoms with van der Waals surface area (Å²) < 4.78 is 77.7. The average molecular weight is 1140 g/mol. The van der Waals surface area contributed by atoms with Crippen LogP contribution in [0.25, 0.3) is 0 Å². The van der Waals surface area contributed by atoms with Gasteiger partial charge in [0.2, 0.25) is 16.3 Å². The summed E-state index contributed by atoms with van der Waals surface area (Å²) in [5.41, 5.74) is -5.11. The third kappa shape index (κ3) is 18.8. The van der Waals surface area contributed by atoms with Crippen molar-refractivity contribution >= 4 is 46.2 Å². The van der Waals surface area contributed by atoms with Crippen LogP contribution in [-0.4, -0.2) is 204 Å². The fraction of sp³-hybridized carbons (Fsp3) is 0.731. The first-order chi connectivity index (χ1) is 36.3. The van der Waals surface area contributed by atoms with Gasteiger partial charge in [0.25, 0.3) is 11.8 Å². The van der Waals surface area contributed by atoms with E-state index in [9.17, 15) is 52.5 Å². The first kappa shape index (κ1) is 64.4. The minimum atomic E-state index is -4.45. The second kappa shape index (κ2) is 25.6. The van der Waals surface area contributed by atoms with Crippen molar-refractivity contribution in [2.24, 2.45) is 0 Å². The highest BCUT2D eigenvalue weighted by atomic mass is 32.2. The predicted molar refractivity (Wildman–Crippen MR) is 283 cm³/mol. The number of nitrogens with one attached hydrogen (secondary N) is 5. The molecule has 0 bridgehead atoms. The largest absolute Gasteiger partial charge is 0.466 e. The summed E-state index contributed by atoms with van der Waals surface area (Å²) in [6, 6.07) is 1.19. The van der Waals surface area contributed by atoms with E-state index in [1.54, 1.807) is 113 Å².